The second-order valence-electron chi connectivity index (χ2n) is 3.32. The van der Waals surface area contributed by atoms with Gasteiger partial charge in [-0.15, -0.1) is 0 Å². The third kappa shape index (κ3) is 1.74. The van der Waals surface area contributed by atoms with Crippen molar-refractivity contribution < 1.29 is 0 Å². The van der Waals surface area contributed by atoms with Crippen LogP contribution in [0.4, 0.5) is 5.69 Å². The van der Waals surface area contributed by atoms with E-state index in [1.807, 2.05) is 6.07 Å². The van der Waals surface area contributed by atoms with E-state index < -0.39 is 0 Å². The van der Waals surface area contributed by atoms with Crippen LogP contribution in [-0.2, 0) is 0 Å². The summed E-state index contributed by atoms with van der Waals surface area (Å²) in [4.78, 5) is 3.91. The van der Waals surface area contributed by atoms with E-state index in [2.05, 4.69) is 28.5 Å². The summed E-state index contributed by atoms with van der Waals surface area (Å²) in [5, 5.41) is 12.2. The number of aromatic nitrogens is 1. The predicted octanol–water partition coefficient (Wildman–Crippen LogP) is 2.08. The Morgan fingerprint density at radius 1 is 1.43 bits per heavy atom. The molecule has 0 amide bonds. The minimum Gasteiger partial charge on any atom is -0.381 e. The molecule has 0 atom stereocenters. The summed E-state index contributed by atoms with van der Waals surface area (Å²) in [5.74, 6) is 0. The van der Waals surface area contributed by atoms with Gasteiger partial charge in [0.2, 0.25) is 0 Å². The normalized spacial score (nSPS) is 15.4. The first kappa shape index (κ1) is 8.76. The lowest BCUT2D eigenvalue weighted by Gasteiger charge is -2.13. The molecule has 0 aromatic carbocycles. The zero-order valence-corrected chi connectivity index (χ0v) is 7.77. The Hall–Kier alpha value is -1.82. The van der Waals surface area contributed by atoms with E-state index in [9.17, 15) is 0 Å². The zero-order chi connectivity index (χ0) is 9.80. The topological polar surface area (TPSA) is 48.7 Å². The molecule has 3 heteroatoms. The molecule has 0 saturated heterocycles. The number of nitriles is 1. The van der Waals surface area contributed by atoms with Crippen LogP contribution >= 0.6 is 0 Å². The van der Waals surface area contributed by atoms with E-state index in [0.717, 1.165) is 18.5 Å². The molecule has 1 aliphatic rings. The van der Waals surface area contributed by atoms with Gasteiger partial charge in [0.05, 0.1) is 11.3 Å². The summed E-state index contributed by atoms with van der Waals surface area (Å²) < 4.78 is 0. The molecule has 0 unspecified atom stereocenters. The molecule has 0 radical (unpaired) electrons. The smallest absolute Gasteiger partial charge is 0.103 e. The molecule has 1 N–H and O–H groups in total. The van der Waals surface area contributed by atoms with Crippen LogP contribution < -0.4 is 5.32 Å². The van der Waals surface area contributed by atoms with Crippen LogP contribution in [0.15, 0.2) is 30.6 Å². The summed E-state index contributed by atoms with van der Waals surface area (Å²) in [5.41, 5.74) is 1.50. The highest BCUT2D eigenvalue weighted by Gasteiger charge is 2.11. The zero-order valence-electron chi connectivity index (χ0n) is 7.77. The Morgan fingerprint density at radius 2 is 2.21 bits per heavy atom. The maximum absolute atomic E-state index is 8.85. The molecule has 0 spiro atoms. The fourth-order valence-electron chi connectivity index (χ4n) is 1.56. The van der Waals surface area contributed by atoms with Crippen molar-refractivity contribution in [1.82, 2.24) is 4.98 Å². The van der Waals surface area contributed by atoms with Gasteiger partial charge < -0.3 is 5.32 Å². The molecule has 0 bridgehead atoms. The number of anilines is 1. The van der Waals surface area contributed by atoms with Crippen molar-refractivity contribution in [2.24, 2.45) is 0 Å². The van der Waals surface area contributed by atoms with Crippen molar-refractivity contribution in [1.29, 1.82) is 5.26 Å². The molecule has 0 saturated carbocycles. The molecular formula is C11H11N3. The van der Waals surface area contributed by atoms with Crippen LogP contribution in [0, 0.1) is 11.3 Å². The van der Waals surface area contributed by atoms with Crippen LogP contribution in [0.1, 0.15) is 18.4 Å². The van der Waals surface area contributed by atoms with E-state index in [1.165, 1.54) is 0 Å². The highest BCUT2D eigenvalue weighted by atomic mass is 14.9. The Labute approximate surface area is 83.1 Å². The molecule has 0 fully saturated rings. The summed E-state index contributed by atoms with van der Waals surface area (Å²) in [7, 11) is 0. The number of rotatable bonds is 2. The first-order chi connectivity index (χ1) is 6.90. The van der Waals surface area contributed by atoms with E-state index >= 15 is 0 Å². The summed E-state index contributed by atoms with van der Waals surface area (Å²) in [6.45, 7) is 0. The van der Waals surface area contributed by atoms with Gasteiger partial charge in [0.25, 0.3) is 0 Å². The van der Waals surface area contributed by atoms with Gasteiger partial charge in [-0.2, -0.15) is 5.26 Å². The molecule has 1 heterocycles. The van der Waals surface area contributed by atoms with Crippen LogP contribution in [-0.4, -0.2) is 11.0 Å². The molecule has 14 heavy (non-hydrogen) atoms. The standard InChI is InChI=1S/C11H11N3/c12-7-9-8-13-6-5-11(9)14-10-3-1-2-4-10/h1-2,5-6,8,10H,3-4H2,(H,13,14). The Bertz CT molecular complexity index is 382. The summed E-state index contributed by atoms with van der Waals surface area (Å²) in [6.07, 6.45) is 9.67. The Balaban J connectivity index is 2.12. The highest BCUT2D eigenvalue weighted by molar-refractivity contribution is 5.56. The number of nitrogens with zero attached hydrogens (tertiary/aromatic N) is 2. The molecule has 70 valence electrons. The lowest BCUT2D eigenvalue weighted by atomic mass is 10.2. The van der Waals surface area contributed by atoms with Crippen molar-refractivity contribution in [2.45, 2.75) is 18.9 Å². The van der Waals surface area contributed by atoms with Gasteiger partial charge in [-0.25, -0.2) is 0 Å². The largest absolute Gasteiger partial charge is 0.381 e. The van der Waals surface area contributed by atoms with Crippen LogP contribution in [0.3, 0.4) is 0 Å². The van der Waals surface area contributed by atoms with Crippen LogP contribution in [0.2, 0.25) is 0 Å². The maximum Gasteiger partial charge on any atom is 0.103 e. The van der Waals surface area contributed by atoms with Gasteiger partial charge >= 0.3 is 0 Å². The molecule has 1 aromatic heterocycles. The van der Waals surface area contributed by atoms with Crippen molar-refractivity contribution in [3.8, 4) is 6.07 Å². The fourth-order valence-corrected chi connectivity index (χ4v) is 1.56. The highest BCUT2D eigenvalue weighted by Crippen LogP contribution is 2.19. The quantitative estimate of drug-likeness (QED) is 0.717. The van der Waals surface area contributed by atoms with Crippen LogP contribution in [0.25, 0.3) is 0 Å². The van der Waals surface area contributed by atoms with E-state index in [-0.39, 0.29) is 0 Å². The van der Waals surface area contributed by atoms with Gasteiger partial charge in [0, 0.05) is 18.4 Å². The first-order valence-electron chi connectivity index (χ1n) is 4.66. The molecule has 0 aliphatic heterocycles. The maximum atomic E-state index is 8.85. The van der Waals surface area contributed by atoms with Crippen molar-refractivity contribution in [2.75, 3.05) is 5.32 Å². The van der Waals surface area contributed by atoms with E-state index in [0.29, 0.717) is 11.6 Å². The minimum atomic E-state index is 0.435. The van der Waals surface area contributed by atoms with E-state index in [4.69, 9.17) is 5.26 Å². The van der Waals surface area contributed by atoms with Gasteiger partial charge in [-0.1, -0.05) is 12.2 Å². The second-order valence-corrected chi connectivity index (χ2v) is 3.32. The molecule has 1 aromatic rings. The number of nitrogens with one attached hydrogen (secondary N) is 1. The van der Waals surface area contributed by atoms with Gasteiger partial charge in [0.1, 0.15) is 6.07 Å². The summed E-state index contributed by atoms with van der Waals surface area (Å²) in [6, 6.07) is 4.40. The first-order valence-corrected chi connectivity index (χ1v) is 4.66. The lowest BCUT2D eigenvalue weighted by molar-refractivity contribution is 0.786. The fraction of sp³-hybridized carbons (Fsp3) is 0.273. The minimum absolute atomic E-state index is 0.435. The lowest BCUT2D eigenvalue weighted by Crippen LogP contribution is -2.15. The van der Waals surface area contributed by atoms with Crippen molar-refractivity contribution in [3.05, 3.63) is 36.2 Å². The molecular weight excluding hydrogens is 174 g/mol. The monoisotopic (exact) mass is 185 g/mol. The Morgan fingerprint density at radius 3 is 2.93 bits per heavy atom. The number of hydrogen-bond donors (Lipinski definition) is 1. The van der Waals surface area contributed by atoms with Crippen molar-refractivity contribution in [3.63, 3.8) is 0 Å². The third-order valence-corrected chi connectivity index (χ3v) is 2.31. The number of hydrogen-bond acceptors (Lipinski definition) is 3. The number of pyridine rings is 1. The van der Waals surface area contributed by atoms with E-state index in [1.54, 1.807) is 12.4 Å². The average molecular weight is 185 g/mol. The predicted molar refractivity (Wildman–Crippen MR) is 54.7 cm³/mol. The van der Waals surface area contributed by atoms with Crippen molar-refractivity contribution >= 4 is 5.69 Å². The SMILES string of the molecule is N#Cc1cnccc1NC1CC=CC1. The Kier molecular flexibility index (Phi) is 2.46. The second kappa shape index (κ2) is 3.93. The average Bonchev–Trinajstić information content (AvgIpc) is 2.71. The molecule has 2 rings (SSSR count). The summed E-state index contributed by atoms with van der Waals surface area (Å²) >= 11 is 0. The van der Waals surface area contributed by atoms with Gasteiger partial charge in [-0.3, -0.25) is 4.98 Å². The molecule has 3 nitrogen and oxygen atoms in total. The van der Waals surface area contributed by atoms with Crippen LogP contribution in [0.5, 0.6) is 0 Å². The van der Waals surface area contributed by atoms with Gasteiger partial charge in [0.15, 0.2) is 0 Å². The van der Waals surface area contributed by atoms with Gasteiger partial charge in [-0.05, 0) is 18.9 Å². The third-order valence-electron chi connectivity index (χ3n) is 2.31. The molecule has 1 aliphatic carbocycles.